The van der Waals surface area contributed by atoms with Crippen LogP contribution < -0.4 is 10.2 Å². The van der Waals surface area contributed by atoms with E-state index in [-0.39, 0.29) is 29.3 Å². The molecule has 7 heterocycles. The highest BCUT2D eigenvalue weighted by Crippen LogP contribution is 2.34. The maximum absolute atomic E-state index is 13.3. The van der Waals surface area contributed by atoms with E-state index in [0.717, 1.165) is 55.1 Å². The van der Waals surface area contributed by atoms with Gasteiger partial charge in [0.25, 0.3) is 0 Å². The normalized spacial score (nSPS) is 13.6. The number of anilines is 2. The zero-order valence-corrected chi connectivity index (χ0v) is 60.2. The maximum atomic E-state index is 13.3. The number of halogens is 2. The van der Waals surface area contributed by atoms with Crippen LogP contribution in [0, 0.1) is 19.8 Å². The van der Waals surface area contributed by atoms with Crippen molar-refractivity contribution in [1.82, 2.24) is 44.0 Å². The van der Waals surface area contributed by atoms with Gasteiger partial charge in [-0.3, -0.25) is 14.4 Å². The molecule has 0 bridgehead atoms. The number of hydrogen-bond acceptors (Lipinski definition) is 15. The highest BCUT2D eigenvalue weighted by Gasteiger charge is 2.31. The van der Waals surface area contributed by atoms with Crippen LogP contribution in [0.4, 0.5) is 11.4 Å². The van der Waals surface area contributed by atoms with E-state index in [1.807, 2.05) is 145 Å². The van der Waals surface area contributed by atoms with Crippen LogP contribution >= 0.6 is 34.2 Å². The molecule has 0 amide bonds. The van der Waals surface area contributed by atoms with Crippen LogP contribution in [0.2, 0.25) is 51.4 Å². The molecule has 6 aromatic heterocycles. The van der Waals surface area contributed by atoms with Crippen molar-refractivity contribution in [2.24, 2.45) is 16.2 Å². The van der Waals surface area contributed by atoms with Crippen molar-refractivity contribution in [3.05, 3.63) is 130 Å². The summed E-state index contributed by atoms with van der Waals surface area (Å²) in [6.45, 7) is 35.0. The lowest BCUT2D eigenvalue weighted by Crippen LogP contribution is -2.50. The molecule has 1 aliphatic rings. The van der Waals surface area contributed by atoms with Crippen molar-refractivity contribution < 1.29 is 34.1 Å². The average Bonchev–Trinajstić information content (AvgIpc) is 1.67. The van der Waals surface area contributed by atoms with E-state index in [1.165, 1.54) is 0 Å². The van der Waals surface area contributed by atoms with E-state index >= 15 is 0 Å². The van der Waals surface area contributed by atoms with Crippen molar-refractivity contribution in [2.75, 3.05) is 48.9 Å². The van der Waals surface area contributed by atoms with Crippen molar-refractivity contribution in [3.8, 4) is 33.8 Å². The smallest absolute Gasteiger partial charge is 0.171 e. The van der Waals surface area contributed by atoms with Crippen LogP contribution in [0.15, 0.2) is 110 Å². The average molecular weight is 1400 g/mol. The molecule has 0 saturated carbocycles. The molecule has 3 aromatic carbocycles. The Bertz CT molecular complexity index is 4030. The molecule has 91 heavy (non-hydrogen) atoms. The monoisotopic (exact) mass is 1400 g/mol. The second-order valence-corrected chi connectivity index (χ2v) is 41.7. The van der Waals surface area contributed by atoms with Crippen LogP contribution in [0.1, 0.15) is 93.4 Å². The Hall–Kier alpha value is -6.58. The van der Waals surface area contributed by atoms with Gasteiger partial charge in [-0.1, -0.05) is 138 Å². The molecule has 22 heteroatoms. The Morgan fingerprint density at radius 2 is 1.10 bits per heavy atom. The summed E-state index contributed by atoms with van der Waals surface area (Å²) in [5, 5.41) is 22.4. The summed E-state index contributed by atoms with van der Waals surface area (Å²) >= 11 is 7.91. The van der Waals surface area contributed by atoms with Gasteiger partial charge in [0.15, 0.2) is 34.3 Å². The van der Waals surface area contributed by atoms with Gasteiger partial charge in [0, 0.05) is 115 Å². The molecule has 10 rings (SSSR count). The molecule has 18 nitrogen and oxygen atoms in total. The summed E-state index contributed by atoms with van der Waals surface area (Å²) < 4.78 is 16.8. The molecule has 1 atom stereocenters. The van der Waals surface area contributed by atoms with E-state index < -0.39 is 38.5 Å². The maximum Gasteiger partial charge on any atom is 0.171 e. The molecule has 1 aliphatic heterocycles. The van der Waals surface area contributed by atoms with Crippen LogP contribution in [0.3, 0.4) is 0 Å². The van der Waals surface area contributed by atoms with Crippen molar-refractivity contribution in [3.63, 3.8) is 0 Å². The van der Waals surface area contributed by atoms with Crippen LogP contribution in [0.25, 0.3) is 67.3 Å². The number of alkyl halides is 1. The number of carbonyl (C=O) groups is 3. The first-order valence-corrected chi connectivity index (χ1v) is 39.9. The lowest BCUT2D eigenvalue weighted by Gasteiger charge is -2.38. The predicted molar refractivity (Wildman–Crippen MR) is 381 cm³/mol. The molecule has 0 radical (unpaired) electrons. The third kappa shape index (κ3) is 18.6. The van der Waals surface area contributed by atoms with Crippen molar-refractivity contribution in [2.45, 2.75) is 139 Å². The fraction of sp³-hybridized carbons (Fsp3) is 0.435. The van der Waals surface area contributed by atoms with Crippen LogP contribution in [-0.2, 0) is 22.9 Å². The van der Waals surface area contributed by atoms with E-state index in [0.29, 0.717) is 102 Å². The second-order valence-electron chi connectivity index (χ2n) is 28.9. The van der Waals surface area contributed by atoms with Gasteiger partial charge in [-0.15, -0.1) is 11.6 Å². The second kappa shape index (κ2) is 29.2. The number of aliphatic hydroxyl groups is 2. The van der Waals surface area contributed by atoms with Crippen molar-refractivity contribution >= 4 is 113 Å². The number of H-pyrrole nitrogens is 1. The number of nitrogens with one attached hydrogen (secondary N) is 2. The molecule has 1 saturated heterocycles. The summed E-state index contributed by atoms with van der Waals surface area (Å²) in [4.78, 5) is 72.5. The highest BCUT2D eigenvalue weighted by molar-refractivity contribution is 14.1. The molecular weight excluding hydrogens is 1310 g/mol. The number of β-amino-alcohol motifs (C(OH)–C–C–N with tert-alkyl or cyclic N) is 1. The number of Topliss-reactive ketones (excluding diaryl/α,β-unsaturated/α-hetero) is 3. The Labute approximate surface area is 555 Å². The van der Waals surface area contributed by atoms with Crippen LogP contribution in [0.5, 0.6) is 0 Å². The van der Waals surface area contributed by atoms with E-state index in [9.17, 15) is 24.6 Å². The summed E-state index contributed by atoms with van der Waals surface area (Å²) in [5.74, 6) is 0.286. The molecule has 484 valence electrons. The third-order valence-electron chi connectivity index (χ3n) is 15.1. The number of benzene rings is 3. The van der Waals surface area contributed by atoms with E-state index in [1.54, 1.807) is 24.8 Å². The quantitative estimate of drug-likeness (QED) is 0.0172. The van der Waals surface area contributed by atoms with Gasteiger partial charge in [0.05, 0.1) is 70.5 Å². The summed E-state index contributed by atoms with van der Waals surface area (Å²) in [7, 11) is -2.33. The van der Waals surface area contributed by atoms with Gasteiger partial charge >= 0.3 is 0 Å². The first-order chi connectivity index (χ1) is 42.7. The molecule has 1 unspecified atom stereocenters. The SMILES string of the molecule is CC(C)(C)C(=O)c1c[nH]c2ncc(-c3cccc(NCC(O)CCl)c3)nc12.CC(C)(C)C(=O)c1cn(COCC[Si](C)(C)C)c2ncc(-c3cccc(I)c3)nc12.CC(C)(C)C(=O)c1cn(COCC[Si](C)(C)C)c2ncc(-c3cccc(N4CC(O)C4)c3)nc12. The fourth-order valence-corrected chi connectivity index (χ4v) is 11.8. The van der Waals surface area contributed by atoms with Gasteiger partial charge in [0.2, 0.25) is 0 Å². The number of ketones is 3. The Morgan fingerprint density at radius 3 is 1.57 bits per heavy atom. The first-order valence-electron chi connectivity index (χ1n) is 30.9. The fourth-order valence-electron chi connectivity index (χ4n) is 9.66. The van der Waals surface area contributed by atoms with Crippen molar-refractivity contribution in [1.29, 1.82) is 0 Å². The van der Waals surface area contributed by atoms with Gasteiger partial charge in [-0.25, -0.2) is 29.9 Å². The molecule has 0 spiro atoms. The topological polar surface area (TPSA) is 228 Å². The summed E-state index contributed by atoms with van der Waals surface area (Å²) in [6, 6.07) is 26.0. The highest BCUT2D eigenvalue weighted by atomic mass is 127. The Balaban J connectivity index is 0.000000177. The lowest BCUT2D eigenvalue weighted by atomic mass is 9.87. The van der Waals surface area contributed by atoms with Gasteiger partial charge in [-0.2, -0.15) is 0 Å². The number of hydrogen-bond donors (Lipinski definition) is 4. The third-order valence-corrected chi connectivity index (χ3v) is 19.5. The van der Waals surface area contributed by atoms with Crippen LogP contribution in [-0.4, -0.2) is 139 Å². The minimum Gasteiger partial charge on any atom is -0.390 e. The lowest BCUT2D eigenvalue weighted by molar-refractivity contribution is 0.0842. The van der Waals surface area contributed by atoms with Gasteiger partial charge in [0.1, 0.15) is 30.0 Å². The molecule has 1 fully saturated rings. The number of fused-ring (bicyclic) bond motifs is 3. The number of aromatic amines is 1. The van der Waals surface area contributed by atoms with Gasteiger partial charge < -0.3 is 44.0 Å². The predicted octanol–water partition coefficient (Wildman–Crippen LogP) is 14.9. The molecule has 9 aromatic rings. The zero-order chi connectivity index (χ0) is 66.4. The minimum absolute atomic E-state index is 0.0191. The molecular formula is C69H89ClIN11O7Si2. The summed E-state index contributed by atoms with van der Waals surface area (Å²) in [5.41, 5.74) is 10.8. The van der Waals surface area contributed by atoms with E-state index in [4.69, 9.17) is 36.0 Å². The number of aliphatic hydroxyl groups excluding tert-OH is 2. The van der Waals surface area contributed by atoms with Gasteiger partial charge in [-0.05, 0) is 71.1 Å². The summed E-state index contributed by atoms with van der Waals surface area (Å²) in [6.07, 6.45) is 9.70. The standard InChI is InChI=1S/C26H36N4O3Si.C23H30IN3O2Si.C20H23ClN4O2/c1-26(2,3)24(32)21-16-30(17-33-10-11-34(4,5)6)25-23(21)28-22(13-27-25)18-8-7-9-19(12-18)29-14-20(31)15-29;1-23(2,3)21(28)18-14-27(15-29-10-11-30(4,5)6)22-20(18)26-19(13-25-22)16-8-7-9-17(24)12-16;1-20(2,3)18(27)15-10-23-19-17(15)25-16(11-24-19)12-5-4-6-13(7-12)22-9-14(26)8-21/h7-9,12-13,16,20,31H,10-11,14-15,17H2,1-6H3;7-9,12-14H,10-11,15H2,1-6H3;4-7,10-11,14,22,26H,8-9H2,1-3H3,(H,23,24). The first kappa shape index (κ1) is 70.3. The number of rotatable bonds is 21. The molecule has 4 N–H and O–H groups in total. The number of aromatic nitrogens is 9. The largest absolute Gasteiger partial charge is 0.390 e. The van der Waals surface area contributed by atoms with E-state index in [2.05, 4.69) is 104 Å². The Morgan fingerprint density at radius 1 is 0.648 bits per heavy atom. The Kier molecular flexibility index (Phi) is 22.5. The number of ether oxygens (including phenoxy) is 2. The minimum atomic E-state index is -1.18. The molecule has 0 aliphatic carbocycles. The number of carbonyl (C=O) groups excluding carboxylic acids is 3. The zero-order valence-electron chi connectivity index (χ0n) is 55.3. The number of nitrogens with zero attached hydrogens (tertiary/aromatic N) is 9.